The Hall–Kier alpha value is -2.32. The van der Waals surface area contributed by atoms with E-state index in [-0.39, 0.29) is 29.7 Å². The fraction of sp³-hybridized carbons (Fsp3) is 0.562. The fourth-order valence-electron chi connectivity index (χ4n) is 3.18. The maximum atomic E-state index is 12.5. The molecule has 6 nitrogen and oxygen atoms in total. The number of likely N-dealkylation sites (tertiary alicyclic amines) is 1. The van der Waals surface area contributed by atoms with Gasteiger partial charge in [-0.05, 0) is 31.9 Å². The molecule has 2 aliphatic rings. The molecule has 0 aromatic carbocycles. The largest absolute Gasteiger partial charge is 0.444 e. The van der Waals surface area contributed by atoms with Crippen molar-refractivity contribution in [2.75, 3.05) is 19.6 Å². The predicted octanol–water partition coefficient (Wildman–Crippen LogP) is 2.55. The molecule has 0 bridgehead atoms. The van der Waals surface area contributed by atoms with E-state index in [2.05, 4.69) is 4.98 Å². The van der Waals surface area contributed by atoms with E-state index in [1.807, 2.05) is 6.92 Å². The second-order valence-corrected chi connectivity index (χ2v) is 6.30. The summed E-state index contributed by atoms with van der Waals surface area (Å²) in [6.07, 6.45) is -2.81. The minimum absolute atomic E-state index is 0.0206. The van der Waals surface area contributed by atoms with Crippen molar-refractivity contribution in [3.05, 3.63) is 29.6 Å². The van der Waals surface area contributed by atoms with E-state index < -0.39 is 11.9 Å². The van der Waals surface area contributed by atoms with E-state index in [1.165, 1.54) is 0 Å². The first kappa shape index (κ1) is 17.5. The summed E-state index contributed by atoms with van der Waals surface area (Å²) in [6.45, 7) is 3.24. The lowest BCUT2D eigenvalue weighted by molar-refractivity contribution is -0.141. The molecule has 1 aromatic rings. The summed E-state index contributed by atoms with van der Waals surface area (Å²) in [5, 5.41) is 0. The van der Waals surface area contributed by atoms with Gasteiger partial charge >= 0.3 is 12.3 Å². The fourth-order valence-corrected chi connectivity index (χ4v) is 3.18. The van der Waals surface area contributed by atoms with Gasteiger partial charge in [-0.2, -0.15) is 13.2 Å². The highest BCUT2D eigenvalue weighted by atomic mass is 19.4. The molecule has 2 fully saturated rings. The van der Waals surface area contributed by atoms with E-state index in [4.69, 9.17) is 4.74 Å². The average molecular weight is 357 g/mol. The number of rotatable bonds is 2. The maximum Gasteiger partial charge on any atom is 0.433 e. The highest BCUT2D eigenvalue weighted by molar-refractivity contribution is 5.94. The van der Waals surface area contributed by atoms with Gasteiger partial charge < -0.3 is 14.5 Å². The van der Waals surface area contributed by atoms with E-state index in [1.54, 1.807) is 9.80 Å². The number of piperidine rings is 1. The summed E-state index contributed by atoms with van der Waals surface area (Å²) in [6, 6.07) is 1.97. The van der Waals surface area contributed by atoms with Crippen LogP contribution in [0.1, 0.15) is 35.8 Å². The van der Waals surface area contributed by atoms with Crippen LogP contribution >= 0.6 is 0 Å². The highest BCUT2D eigenvalue weighted by Crippen LogP contribution is 2.28. The monoisotopic (exact) mass is 357 g/mol. The van der Waals surface area contributed by atoms with Gasteiger partial charge in [-0.1, -0.05) is 0 Å². The van der Waals surface area contributed by atoms with Gasteiger partial charge in [0, 0.05) is 25.3 Å². The maximum absolute atomic E-state index is 12.5. The zero-order valence-corrected chi connectivity index (χ0v) is 13.6. The van der Waals surface area contributed by atoms with Gasteiger partial charge in [-0.15, -0.1) is 0 Å². The van der Waals surface area contributed by atoms with Crippen molar-refractivity contribution in [1.29, 1.82) is 0 Å². The summed E-state index contributed by atoms with van der Waals surface area (Å²) in [5.41, 5.74) is -0.898. The van der Waals surface area contributed by atoms with Crippen molar-refractivity contribution in [3.63, 3.8) is 0 Å². The third kappa shape index (κ3) is 3.69. The lowest BCUT2D eigenvalue weighted by Gasteiger charge is -2.35. The molecule has 2 amide bonds. The Morgan fingerprint density at radius 2 is 1.96 bits per heavy atom. The first-order chi connectivity index (χ1) is 11.8. The molecule has 0 saturated carbocycles. The molecule has 25 heavy (non-hydrogen) atoms. The van der Waals surface area contributed by atoms with Gasteiger partial charge in [-0.3, -0.25) is 9.78 Å². The van der Waals surface area contributed by atoms with Gasteiger partial charge in [0.15, 0.2) is 0 Å². The Labute approximate surface area is 142 Å². The number of hydrogen-bond acceptors (Lipinski definition) is 4. The van der Waals surface area contributed by atoms with Gasteiger partial charge in [0.2, 0.25) is 0 Å². The standard InChI is InChI=1S/C16H18F3N3O3/c1-10-9-22(15(24)25-10)12-4-6-21(7-5-12)14(23)11-2-3-13(20-8-11)16(17,18)19/h2-3,8,10,12H,4-7,9H2,1H3. The first-order valence-corrected chi connectivity index (χ1v) is 8.05. The molecule has 0 radical (unpaired) electrons. The molecule has 0 aliphatic carbocycles. The lowest BCUT2D eigenvalue weighted by Crippen LogP contribution is -2.47. The molecule has 1 aromatic heterocycles. The summed E-state index contributed by atoms with van der Waals surface area (Å²) in [7, 11) is 0. The van der Waals surface area contributed by atoms with Crippen LogP contribution in [0.5, 0.6) is 0 Å². The van der Waals surface area contributed by atoms with E-state index >= 15 is 0 Å². The SMILES string of the molecule is CC1CN(C2CCN(C(=O)c3ccc(C(F)(F)F)nc3)CC2)C(=O)O1. The number of cyclic esters (lactones) is 1. The van der Waals surface area contributed by atoms with Crippen molar-refractivity contribution in [3.8, 4) is 0 Å². The Kier molecular flexibility index (Phi) is 4.57. The molecular weight excluding hydrogens is 339 g/mol. The minimum atomic E-state index is -4.53. The predicted molar refractivity (Wildman–Crippen MR) is 80.8 cm³/mol. The second-order valence-electron chi connectivity index (χ2n) is 6.30. The molecule has 2 aliphatic heterocycles. The third-order valence-corrected chi connectivity index (χ3v) is 4.48. The number of amides is 2. The number of carbonyl (C=O) groups is 2. The summed E-state index contributed by atoms with van der Waals surface area (Å²) in [5.74, 6) is -0.350. The minimum Gasteiger partial charge on any atom is -0.444 e. The topological polar surface area (TPSA) is 62.7 Å². The first-order valence-electron chi connectivity index (χ1n) is 8.05. The van der Waals surface area contributed by atoms with Crippen molar-refractivity contribution < 1.29 is 27.5 Å². The van der Waals surface area contributed by atoms with Gasteiger partial charge in [0.1, 0.15) is 11.8 Å². The second kappa shape index (κ2) is 6.53. The average Bonchev–Trinajstić information content (AvgIpc) is 2.92. The van der Waals surface area contributed by atoms with Crippen LogP contribution in [0.3, 0.4) is 0 Å². The quantitative estimate of drug-likeness (QED) is 0.816. The normalized spacial score (nSPS) is 22.2. The zero-order chi connectivity index (χ0) is 18.2. The van der Waals surface area contributed by atoms with Crippen LogP contribution in [-0.2, 0) is 10.9 Å². The molecule has 0 spiro atoms. The lowest BCUT2D eigenvalue weighted by atomic mass is 10.0. The Morgan fingerprint density at radius 1 is 1.28 bits per heavy atom. The molecule has 136 valence electrons. The summed E-state index contributed by atoms with van der Waals surface area (Å²) < 4.78 is 42.7. The van der Waals surface area contributed by atoms with Crippen molar-refractivity contribution in [2.45, 2.75) is 38.1 Å². The van der Waals surface area contributed by atoms with Crippen LogP contribution in [0.15, 0.2) is 18.3 Å². The highest BCUT2D eigenvalue weighted by Gasteiger charge is 2.36. The summed E-state index contributed by atoms with van der Waals surface area (Å²) >= 11 is 0. The Morgan fingerprint density at radius 3 is 2.44 bits per heavy atom. The third-order valence-electron chi connectivity index (χ3n) is 4.48. The van der Waals surface area contributed by atoms with Crippen molar-refractivity contribution >= 4 is 12.0 Å². The van der Waals surface area contributed by atoms with E-state index in [0.717, 1.165) is 18.3 Å². The van der Waals surface area contributed by atoms with Crippen LogP contribution in [0.2, 0.25) is 0 Å². The van der Waals surface area contributed by atoms with Crippen LogP contribution < -0.4 is 0 Å². The molecule has 3 rings (SSSR count). The van der Waals surface area contributed by atoms with E-state index in [9.17, 15) is 22.8 Å². The van der Waals surface area contributed by atoms with Crippen LogP contribution in [0.4, 0.5) is 18.0 Å². The molecule has 2 saturated heterocycles. The van der Waals surface area contributed by atoms with E-state index in [0.29, 0.717) is 32.5 Å². The Bertz CT molecular complexity index is 655. The number of alkyl halides is 3. The molecule has 9 heteroatoms. The number of nitrogens with zero attached hydrogens (tertiary/aromatic N) is 3. The number of ether oxygens (including phenoxy) is 1. The summed E-state index contributed by atoms with van der Waals surface area (Å²) in [4.78, 5) is 30.7. The van der Waals surface area contributed by atoms with Crippen molar-refractivity contribution in [2.24, 2.45) is 0 Å². The molecule has 0 N–H and O–H groups in total. The van der Waals surface area contributed by atoms with Gasteiger partial charge in [0.05, 0.1) is 12.1 Å². The van der Waals surface area contributed by atoms with Gasteiger partial charge in [0.25, 0.3) is 5.91 Å². The number of hydrogen-bond donors (Lipinski definition) is 0. The molecular formula is C16H18F3N3O3. The number of pyridine rings is 1. The molecule has 1 unspecified atom stereocenters. The van der Waals surface area contributed by atoms with Crippen molar-refractivity contribution in [1.82, 2.24) is 14.8 Å². The smallest absolute Gasteiger partial charge is 0.433 e. The van der Waals surface area contributed by atoms with Crippen LogP contribution in [0, 0.1) is 0 Å². The van der Waals surface area contributed by atoms with Crippen LogP contribution in [-0.4, -0.2) is 58.6 Å². The zero-order valence-electron chi connectivity index (χ0n) is 13.6. The Balaban J connectivity index is 1.59. The number of carbonyl (C=O) groups excluding carboxylic acids is 2. The van der Waals surface area contributed by atoms with Crippen LogP contribution in [0.25, 0.3) is 0 Å². The molecule has 3 heterocycles. The van der Waals surface area contributed by atoms with Gasteiger partial charge in [-0.25, -0.2) is 4.79 Å². The number of halogens is 3. The molecule has 1 atom stereocenters. The number of aromatic nitrogens is 1.